The van der Waals surface area contributed by atoms with E-state index in [0.717, 1.165) is 19.4 Å². The Bertz CT molecular complexity index is 188. The molecule has 0 aromatic carbocycles. The lowest BCUT2D eigenvalue weighted by Gasteiger charge is -2.35. The summed E-state index contributed by atoms with van der Waals surface area (Å²) in [7, 11) is 1.88. The first kappa shape index (κ1) is 12.8. The average molecular weight is 224 g/mol. The van der Waals surface area contributed by atoms with Gasteiger partial charge in [-0.1, -0.05) is 0 Å². The summed E-state index contributed by atoms with van der Waals surface area (Å²) in [5.41, 5.74) is 5.63. The smallest absolute Gasteiger partial charge is 0.328 e. The van der Waals surface area contributed by atoms with Crippen molar-refractivity contribution in [2.45, 2.75) is 37.9 Å². The quantitative estimate of drug-likeness (QED) is 0.774. The van der Waals surface area contributed by atoms with E-state index < -0.39 is 12.6 Å². The van der Waals surface area contributed by atoms with E-state index in [2.05, 4.69) is 0 Å². The highest BCUT2D eigenvalue weighted by Crippen LogP contribution is 2.26. The van der Waals surface area contributed by atoms with Crippen LogP contribution in [0, 0.1) is 5.92 Å². The van der Waals surface area contributed by atoms with Crippen molar-refractivity contribution in [2.75, 3.05) is 20.1 Å². The monoisotopic (exact) mass is 224 g/mol. The molecule has 90 valence electrons. The van der Waals surface area contributed by atoms with Crippen molar-refractivity contribution in [3.8, 4) is 0 Å². The molecule has 0 unspecified atom stereocenters. The number of hydrogen-bond acceptors (Lipinski definition) is 2. The van der Waals surface area contributed by atoms with E-state index in [1.807, 2.05) is 11.9 Å². The molecule has 0 saturated heterocycles. The van der Waals surface area contributed by atoms with Crippen molar-refractivity contribution in [1.82, 2.24) is 4.90 Å². The molecule has 0 aromatic heterocycles. The summed E-state index contributed by atoms with van der Waals surface area (Å²) in [4.78, 5) is 1.97. The topological polar surface area (TPSA) is 29.3 Å². The second kappa shape index (κ2) is 5.16. The van der Waals surface area contributed by atoms with Crippen LogP contribution in [0.4, 0.5) is 13.2 Å². The summed E-state index contributed by atoms with van der Waals surface area (Å²) in [5.74, 6) is 0.593. The lowest BCUT2D eigenvalue weighted by Crippen LogP contribution is -2.42. The number of nitrogens with zero attached hydrogens (tertiary/aromatic N) is 1. The van der Waals surface area contributed by atoms with Gasteiger partial charge in [-0.25, -0.2) is 0 Å². The Morgan fingerprint density at radius 1 is 1.33 bits per heavy atom. The van der Waals surface area contributed by atoms with Gasteiger partial charge in [-0.15, -0.1) is 0 Å². The van der Waals surface area contributed by atoms with Crippen molar-refractivity contribution >= 4 is 0 Å². The molecular weight excluding hydrogens is 205 g/mol. The molecule has 0 heterocycles. The summed E-state index contributed by atoms with van der Waals surface area (Å²) in [6.45, 7) is 1.40. The Kier molecular flexibility index (Phi) is 4.40. The maximum atomic E-state index is 11.9. The standard InChI is InChI=1S/C10H19F3N2/c1-15(4-2-3-10(11,12)13)7-8-5-9(14)6-8/h8-9H,2-7,14H2,1H3. The maximum Gasteiger partial charge on any atom is 0.389 e. The zero-order valence-corrected chi connectivity index (χ0v) is 9.06. The van der Waals surface area contributed by atoms with Gasteiger partial charge in [0.1, 0.15) is 0 Å². The van der Waals surface area contributed by atoms with E-state index in [-0.39, 0.29) is 6.42 Å². The zero-order chi connectivity index (χ0) is 11.5. The van der Waals surface area contributed by atoms with Gasteiger partial charge in [-0.3, -0.25) is 0 Å². The van der Waals surface area contributed by atoms with Gasteiger partial charge in [0.25, 0.3) is 0 Å². The van der Waals surface area contributed by atoms with Crippen molar-refractivity contribution in [3.05, 3.63) is 0 Å². The SMILES string of the molecule is CN(CCCC(F)(F)F)CC1CC(N)C1. The van der Waals surface area contributed by atoms with E-state index >= 15 is 0 Å². The van der Waals surface area contributed by atoms with Crippen LogP contribution < -0.4 is 5.73 Å². The molecule has 1 saturated carbocycles. The molecule has 5 heteroatoms. The second-order valence-electron chi connectivity index (χ2n) is 4.58. The molecule has 0 aliphatic heterocycles. The Labute approximate surface area is 88.6 Å². The van der Waals surface area contributed by atoms with Crippen molar-refractivity contribution < 1.29 is 13.2 Å². The van der Waals surface area contributed by atoms with Gasteiger partial charge >= 0.3 is 6.18 Å². The van der Waals surface area contributed by atoms with Crippen LogP contribution in [0.15, 0.2) is 0 Å². The van der Waals surface area contributed by atoms with Crippen molar-refractivity contribution in [2.24, 2.45) is 11.7 Å². The minimum absolute atomic E-state index is 0.193. The molecule has 15 heavy (non-hydrogen) atoms. The first-order valence-electron chi connectivity index (χ1n) is 5.37. The van der Waals surface area contributed by atoms with Crippen LogP contribution in [0.2, 0.25) is 0 Å². The van der Waals surface area contributed by atoms with Crippen LogP contribution in [-0.4, -0.2) is 37.3 Å². The molecule has 1 aliphatic rings. The first-order valence-corrected chi connectivity index (χ1v) is 5.37. The Morgan fingerprint density at radius 3 is 2.40 bits per heavy atom. The predicted molar refractivity (Wildman–Crippen MR) is 53.5 cm³/mol. The fourth-order valence-electron chi connectivity index (χ4n) is 2.02. The summed E-state index contributed by atoms with van der Waals surface area (Å²) in [5, 5.41) is 0. The molecule has 1 aliphatic carbocycles. The number of hydrogen-bond donors (Lipinski definition) is 1. The Morgan fingerprint density at radius 2 is 1.93 bits per heavy atom. The van der Waals surface area contributed by atoms with Crippen LogP contribution >= 0.6 is 0 Å². The van der Waals surface area contributed by atoms with Gasteiger partial charge in [0, 0.05) is 19.0 Å². The number of rotatable bonds is 5. The zero-order valence-electron chi connectivity index (χ0n) is 9.06. The number of nitrogens with two attached hydrogens (primary N) is 1. The van der Waals surface area contributed by atoms with Gasteiger partial charge < -0.3 is 10.6 Å². The van der Waals surface area contributed by atoms with E-state index in [0.29, 0.717) is 18.5 Å². The third-order valence-corrected chi connectivity index (χ3v) is 2.84. The summed E-state index contributed by atoms with van der Waals surface area (Å²) in [6, 6.07) is 0.318. The molecule has 0 aromatic rings. The molecule has 1 rings (SSSR count). The molecular formula is C10H19F3N2. The van der Waals surface area contributed by atoms with Gasteiger partial charge in [0.2, 0.25) is 0 Å². The molecule has 0 atom stereocenters. The Hall–Kier alpha value is -0.290. The highest BCUT2D eigenvalue weighted by atomic mass is 19.4. The molecule has 1 fully saturated rings. The molecule has 2 nitrogen and oxygen atoms in total. The van der Waals surface area contributed by atoms with Crippen LogP contribution in [0.3, 0.4) is 0 Å². The number of halogens is 3. The van der Waals surface area contributed by atoms with Crippen LogP contribution in [0.1, 0.15) is 25.7 Å². The van der Waals surface area contributed by atoms with E-state index in [1.165, 1.54) is 0 Å². The highest BCUT2D eigenvalue weighted by Gasteiger charge is 2.28. The van der Waals surface area contributed by atoms with Crippen LogP contribution in [0.5, 0.6) is 0 Å². The van der Waals surface area contributed by atoms with Gasteiger partial charge in [0.15, 0.2) is 0 Å². The lowest BCUT2D eigenvalue weighted by atomic mass is 9.80. The van der Waals surface area contributed by atoms with Crippen molar-refractivity contribution in [1.29, 1.82) is 0 Å². The maximum absolute atomic E-state index is 11.9. The second-order valence-corrected chi connectivity index (χ2v) is 4.58. The fourth-order valence-corrected chi connectivity index (χ4v) is 2.02. The summed E-state index contributed by atoms with van der Waals surface area (Å²) < 4.78 is 35.6. The normalized spacial score (nSPS) is 26.8. The van der Waals surface area contributed by atoms with E-state index in [4.69, 9.17) is 5.73 Å². The number of alkyl halides is 3. The predicted octanol–water partition coefficient (Wildman–Crippen LogP) is 2.00. The molecule has 0 amide bonds. The van der Waals surface area contributed by atoms with Crippen LogP contribution in [0.25, 0.3) is 0 Å². The molecule has 0 bridgehead atoms. The van der Waals surface area contributed by atoms with Crippen LogP contribution in [-0.2, 0) is 0 Å². The molecule has 2 N–H and O–H groups in total. The van der Waals surface area contributed by atoms with Gasteiger partial charge in [-0.2, -0.15) is 13.2 Å². The Balaban J connectivity index is 2.01. The third-order valence-electron chi connectivity index (χ3n) is 2.84. The minimum Gasteiger partial charge on any atom is -0.328 e. The third kappa shape index (κ3) is 5.37. The average Bonchev–Trinajstić information content (AvgIpc) is 1.98. The molecule has 0 radical (unpaired) electrons. The first-order chi connectivity index (χ1) is 6.87. The largest absolute Gasteiger partial charge is 0.389 e. The van der Waals surface area contributed by atoms with E-state index in [1.54, 1.807) is 0 Å². The van der Waals surface area contributed by atoms with Gasteiger partial charge in [0.05, 0.1) is 0 Å². The summed E-state index contributed by atoms with van der Waals surface area (Å²) in [6.07, 6.45) is -2.47. The minimum atomic E-state index is -4.01. The summed E-state index contributed by atoms with van der Waals surface area (Å²) >= 11 is 0. The fraction of sp³-hybridized carbons (Fsp3) is 1.00. The van der Waals surface area contributed by atoms with E-state index in [9.17, 15) is 13.2 Å². The lowest BCUT2D eigenvalue weighted by molar-refractivity contribution is -0.136. The highest BCUT2D eigenvalue weighted by molar-refractivity contribution is 4.83. The molecule has 0 spiro atoms. The van der Waals surface area contributed by atoms with Gasteiger partial charge in [-0.05, 0) is 38.8 Å². The van der Waals surface area contributed by atoms with Crippen molar-refractivity contribution in [3.63, 3.8) is 0 Å².